The van der Waals surface area contributed by atoms with Crippen LogP contribution in [0.15, 0.2) is 60.2 Å². The molecule has 2 aromatic rings. The van der Waals surface area contributed by atoms with Crippen molar-refractivity contribution in [3.63, 3.8) is 0 Å². The topological polar surface area (TPSA) is 88.4 Å². The van der Waals surface area contributed by atoms with Gasteiger partial charge in [0.25, 0.3) is 5.91 Å². The molecule has 0 aliphatic rings. The highest BCUT2D eigenvalue weighted by Gasteiger charge is 2.21. The molecule has 6 nitrogen and oxygen atoms in total. The highest BCUT2D eigenvalue weighted by Crippen LogP contribution is 2.15. The Morgan fingerprint density at radius 1 is 1.10 bits per heavy atom. The van der Waals surface area contributed by atoms with E-state index in [0.29, 0.717) is 17.9 Å². The summed E-state index contributed by atoms with van der Waals surface area (Å²) in [6, 6.07) is 18.5. The lowest BCUT2D eigenvalue weighted by molar-refractivity contribution is -0.150. The van der Waals surface area contributed by atoms with Crippen LogP contribution in [0.2, 0.25) is 0 Å². The van der Waals surface area contributed by atoms with Gasteiger partial charge in [0.05, 0.1) is 7.11 Å². The van der Waals surface area contributed by atoms with Crippen molar-refractivity contribution in [3.05, 3.63) is 71.3 Å². The maximum atomic E-state index is 12.3. The number of carbonyl (C=O) groups excluding carboxylic acids is 2. The molecule has 1 N–H and O–H groups in total. The molecule has 0 saturated carbocycles. The molecule has 0 aliphatic heterocycles. The van der Waals surface area contributed by atoms with E-state index in [4.69, 9.17) is 9.47 Å². The maximum Gasteiger partial charge on any atom is 0.349 e. The van der Waals surface area contributed by atoms with E-state index in [-0.39, 0.29) is 11.5 Å². The van der Waals surface area contributed by atoms with Gasteiger partial charge in [0.1, 0.15) is 17.4 Å². The monoisotopic (exact) mass is 392 g/mol. The Labute approximate surface area is 170 Å². The molecule has 0 saturated heterocycles. The molecule has 2 atom stereocenters. The van der Waals surface area contributed by atoms with Crippen LogP contribution in [0.25, 0.3) is 6.08 Å². The summed E-state index contributed by atoms with van der Waals surface area (Å²) in [7, 11) is 1.55. The smallest absolute Gasteiger partial charge is 0.349 e. The third kappa shape index (κ3) is 6.51. The third-order valence-corrected chi connectivity index (χ3v) is 4.37. The molecule has 6 heteroatoms. The number of esters is 1. The van der Waals surface area contributed by atoms with Gasteiger partial charge in [-0.2, -0.15) is 5.26 Å². The van der Waals surface area contributed by atoms with Crippen molar-refractivity contribution >= 4 is 18.0 Å². The third-order valence-electron chi connectivity index (χ3n) is 4.37. The second-order valence-corrected chi connectivity index (χ2v) is 6.55. The van der Waals surface area contributed by atoms with Crippen LogP contribution in [0.3, 0.4) is 0 Å². The van der Waals surface area contributed by atoms with Crippen molar-refractivity contribution in [2.75, 3.05) is 13.7 Å². The summed E-state index contributed by atoms with van der Waals surface area (Å²) in [4.78, 5) is 24.5. The number of ether oxygens (including phenoxy) is 2. The largest absolute Gasteiger partial charge is 0.497 e. The van der Waals surface area contributed by atoms with Gasteiger partial charge in [-0.25, -0.2) is 4.79 Å². The first-order chi connectivity index (χ1) is 13.9. The molecular weight excluding hydrogens is 368 g/mol. The highest BCUT2D eigenvalue weighted by molar-refractivity contribution is 5.99. The zero-order valence-corrected chi connectivity index (χ0v) is 16.7. The van der Waals surface area contributed by atoms with Crippen molar-refractivity contribution in [2.24, 2.45) is 0 Å². The van der Waals surface area contributed by atoms with E-state index >= 15 is 0 Å². The first kappa shape index (κ1) is 21.7. The average molecular weight is 392 g/mol. The van der Waals surface area contributed by atoms with Crippen LogP contribution in [-0.2, 0) is 14.3 Å². The van der Waals surface area contributed by atoms with Gasteiger partial charge in [-0.1, -0.05) is 49.4 Å². The summed E-state index contributed by atoms with van der Waals surface area (Å²) in [5.41, 5.74) is 1.56. The summed E-state index contributed by atoms with van der Waals surface area (Å²) in [6.45, 7) is 3.89. The molecule has 29 heavy (non-hydrogen) atoms. The van der Waals surface area contributed by atoms with Crippen molar-refractivity contribution in [1.29, 1.82) is 5.26 Å². The first-order valence-electron chi connectivity index (χ1n) is 9.24. The standard InChI is InChI=1S/C23H24N2O4/c1-16(19-7-5-4-6-8-19)15-25-22(26)17(2)29-23(27)20(14-24)13-18-9-11-21(28-3)12-10-18/h4-13,16-17H,15H2,1-3H3,(H,25,26)/b20-13+/t16-,17+/m1/s1. The van der Waals surface area contributed by atoms with E-state index in [9.17, 15) is 14.9 Å². The summed E-state index contributed by atoms with van der Waals surface area (Å²) >= 11 is 0. The van der Waals surface area contributed by atoms with Gasteiger partial charge in [0, 0.05) is 6.54 Å². The van der Waals surface area contributed by atoms with Gasteiger partial charge in [0.2, 0.25) is 0 Å². The molecular formula is C23H24N2O4. The Hall–Kier alpha value is -3.59. The normalized spacial score (nSPS) is 13.0. The zero-order chi connectivity index (χ0) is 21.2. The van der Waals surface area contributed by atoms with Gasteiger partial charge in [-0.3, -0.25) is 4.79 Å². The van der Waals surface area contributed by atoms with Crippen molar-refractivity contribution in [3.8, 4) is 11.8 Å². The molecule has 0 aliphatic carbocycles. The van der Waals surface area contributed by atoms with Crippen LogP contribution in [0.4, 0.5) is 0 Å². The number of benzene rings is 2. The second kappa shape index (κ2) is 10.7. The number of rotatable bonds is 8. The van der Waals surface area contributed by atoms with Crippen LogP contribution < -0.4 is 10.1 Å². The van der Waals surface area contributed by atoms with Crippen LogP contribution in [0, 0.1) is 11.3 Å². The van der Waals surface area contributed by atoms with Gasteiger partial charge in [0.15, 0.2) is 6.10 Å². The van der Waals surface area contributed by atoms with E-state index in [0.717, 1.165) is 5.56 Å². The molecule has 2 aromatic carbocycles. The Morgan fingerprint density at radius 3 is 2.34 bits per heavy atom. The quantitative estimate of drug-likeness (QED) is 0.422. The fourth-order valence-corrected chi connectivity index (χ4v) is 2.58. The molecule has 0 aromatic heterocycles. The SMILES string of the molecule is COc1ccc(/C=C(\C#N)C(=O)O[C@@H](C)C(=O)NC[C@@H](C)c2ccccc2)cc1. The van der Waals surface area contributed by atoms with E-state index < -0.39 is 18.0 Å². The molecule has 0 bridgehead atoms. The van der Waals surface area contributed by atoms with Crippen molar-refractivity contribution in [2.45, 2.75) is 25.9 Å². The summed E-state index contributed by atoms with van der Waals surface area (Å²) < 4.78 is 10.2. The molecule has 0 heterocycles. The number of nitrogens with one attached hydrogen (secondary N) is 1. The van der Waals surface area contributed by atoms with Gasteiger partial charge < -0.3 is 14.8 Å². The van der Waals surface area contributed by atoms with E-state index in [1.807, 2.05) is 43.3 Å². The van der Waals surface area contributed by atoms with Gasteiger partial charge in [-0.05, 0) is 42.2 Å². The maximum absolute atomic E-state index is 12.3. The lowest BCUT2D eigenvalue weighted by Crippen LogP contribution is -2.37. The van der Waals surface area contributed by atoms with E-state index in [1.54, 1.807) is 31.4 Å². The number of nitriles is 1. The zero-order valence-electron chi connectivity index (χ0n) is 16.7. The number of amides is 1. The predicted octanol–water partition coefficient (Wildman–Crippen LogP) is 3.45. The second-order valence-electron chi connectivity index (χ2n) is 6.55. The minimum absolute atomic E-state index is 0.118. The molecule has 0 spiro atoms. The van der Waals surface area contributed by atoms with Gasteiger partial charge in [-0.15, -0.1) is 0 Å². The molecule has 150 valence electrons. The van der Waals surface area contributed by atoms with Crippen molar-refractivity contribution < 1.29 is 19.1 Å². The van der Waals surface area contributed by atoms with Crippen LogP contribution >= 0.6 is 0 Å². The minimum atomic E-state index is -1.02. The summed E-state index contributed by atoms with van der Waals surface area (Å²) in [6.07, 6.45) is 0.391. The minimum Gasteiger partial charge on any atom is -0.497 e. The number of nitrogens with zero attached hydrogens (tertiary/aromatic N) is 1. The number of hydrogen-bond acceptors (Lipinski definition) is 5. The average Bonchev–Trinajstić information content (AvgIpc) is 2.76. The fourth-order valence-electron chi connectivity index (χ4n) is 2.58. The fraction of sp³-hybridized carbons (Fsp3) is 0.261. The lowest BCUT2D eigenvalue weighted by atomic mass is 10.0. The lowest BCUT2D eigenvalue weighted by Gasteiger charge is -2.16. The summed E-state index contributed by atoms with van der Waals surface area (Å²) in [5, 5.41) is 12.0. The molecule has 2 rings (SSSR count). The molecule has 0 unspecified atom stereocenters. The number of methoxy groups -OCH3 is 1. The van der Waals surface area contributed by atoms with Gasteiger partial charge >= 0.3 is 5.97 Å². The van der Waals surface area contributed by atoms with Crippen LogP contribution in [0.1, 0.15) is 30.9 Å². The number of carbonyl (C=O) groups is 2. The van der Waals surface area contributed by atoms with E-state index in [2.05, 4.69) is 5.32 Å². The van der Waals surface area contributed by atoms with Crippen molar-refractivity contribution in [1.82, 2.24) is 5.32 Å². The van der Waals surface area contributed by atoms with Crippen LogP contribution in [-0.4, -0.2) is 31.6 Å². The molecule has 0 fully saturated rings. The summed E-state index contributed by atoms with van der Waals surface area (Å²) in [5.74, 6) is -0.476. The Kier molecular flexibility index (Phi) is 7.99. The molecule has 0 radical (unpaired) electrons. The number of hydrogen-bond donors (Lipinski definition) is 1. The first-order valence-corrected chi connectivity index (χ1v) is 9.24. The Balaban J connectivity index is 1.92. The molecule has 1 amide bonds. The Bertz CT molecular complexity index is 899. The Morgan fingerprint density at radius 2 is 1.76 bits per heavy atom. The van der Waals surface area contributed by atoms with Crippen LogP contribution in [0.5, 0.6) is 5.75 Å². The highest BCUT2D eigenvalue weighted by atomic mass is 16.5. The van der Waals surface area contributed by atoms with E-state index in [1.165, 1.54) is 13.0 Å². The predicted molar refractivity (Wildman–Crippen MR) is 110 cm³/mol.